The van der Waals surface area contributed by atoms with Gasteiger partial charge in [0.15, 0.2) is 17.3 Å². The van der Waals surface area contributed by atoms with E-state index < -0.39 is 0 Å². The number of ether oxygens (including phenoxy) is 2. The maximum Gasteiger partial charge on any atom is 0.164 e. The number of hydrogen-bond donors (Lipinski definition) is 0. The Morgan fingerprint density at radius 3 is 2.41 bits per heavy atom. The Balaban J connectivity index is 2.28. The molecular weight excluding hydrogens is 284 g/mol. The molecule has 4 heteroatoms. The standard InChI is InChI=1S/C13H15BrO3/c1-16-12-6-9(10(14)7-13(12)17-2)11(15)5-8-3-4-8/h6-8H,3-5H2,1-2H3. The fourth-order valence-corrected chi connectivity index (χ4v) is 2.31. The second-order valence-electron chi connectivity index (χ2n) is 4.26. The van der Waals surface area contributed by atoms with Crippen molar-refractivity contribution in [2.45, 2.75) is 19.3 Å². The van der Waals surface area contributed by atoms with E-state index in [1.165, 1.54) is 12.8 Å². The van der Waals surface area contributed by atoms with Gasteiger partial charge in [-0.2, -0.15) is 0 Å². The summed E-state index contributed by atoms with van der Waals surface area (Å²) in [5.41, 5.74) is 0.676. The third-order valence-corrected chi connectivity index (χ3v) is 3.60. The van der Waals surface area contributed by atoms with Gasteiger partial charge in [0, 0.05) is 16.5 Å². The zero-order valence-corrected chi connectivity index (χ0v) is 11.5. The molecule has 1 aliphatic rings. The lowest BCUT2D eigenvalue weighted by Crippen LogP contribution is -2.03. The molecule has 1 aromatic rings. The van der Waals surface area contributed by atoms with E-state index in [4.69, 9.17) is 9.47 Å². The number of hydrogen-bond acceptors (Lipinski definition) is 3. The van der Waals surface area contributed by atoms with Crippen molar-refractivity contribution in [2.75, 3.05) is 14.2 Å². The molecule has 0 aliphatic heterocycles. The quantitative estimate of drug-likeness (QED) is 0.781. The zero-order chi connectivity index (χ0) is 12.4. The van der Waals surface area contributed by atoms with Gasteiger partial charge in [-0.1, -0.05) is 0 Å². The van der Waals surface area contributed by atoms with Crippen LogP contribution in [0.2, 0.25) is 0 Å². The van der Waals surface area contributed by atoms with E-state index >= 15 is 0 Å². The highest BCUT2D eigenvalue weighted by Gasteiger charge is 2.26. The van der Waals surface area contributed by atoms with Crippen molar-refractivity contribution in [1.82, 2.24) is 0 Å². The lowest BCUT2D eigenvalue weighted by Gasteiger charge is -2.11. The maximum atomic E-state index is 12.1. The summed E-state index contributed by atoms with van der Waals surface area (Å²) in [6.07, 6.45) is 2.99. The summed E-state index contributed by atoms with van der Waals surface area (Å²) in [4.78, 5) is 12.1. The number of benzene rings is 1. The highest BCUT2D eigenvalue weighted by Crippen LogP contribution is 2.37. The number of Topliss-reactive ketones (excluding diaryl/α,β-unsaturated/α-hetero) is 1. The van der Waals surface area contributed by atoms with Crippen LogP contribution in [0.5, 0.6) is 11.5 Å². The van der Waals surface area contributed by atoms with Crippen LogP contribution in [-0.4, -0.2) is 20.0 Å². The van der Waals surface area contributed by atoms with Crippen molar-refractivity contribution in [3.8, 4) is 11.5 Å². The molecule has 0 spiro atoms. The predicted molar refractivity (Wildman–Crippen MR) is 68.9 cm³/mol. The molecular formula is C13H15BrO3. The third kappa shape index (κ3) is 2.80. The summed E-state index contributed by atoms with van der Waals surface area (Å²) in [6.45, 7) is 0. The molecule has 0 heterocycles. The van der Waals surface area contributed by atoms with Crippen LogP contribution < -0.4 is 9.47 Å². The second kappa shape index (κ2) is 5.08. The Morgan fingerprint density at radius 2 is 1.88 bits per heavy atom. The minimum Gasteiger partial charge on any atom is -0.493 e. The highest BCUT2D eigenvalue weighted by atomic mass is 79.9. The van der Waals surface area contributed by atoms with Gasteiger partial charge in [-0.05, 0) is 46.8 Å². The van der Waals surface area contributed by atoms with E-state index in [1.54, 1.807) is 26.4 Å². The van der Waals surface area contributed by atoms with E-state index in [0.717, 1.165) is 4.47 Å². The van der Waals surface area contributed by atoms with E-state index in [0.29, 0.717) is 29.4 Å². The van der Waals surface area contributed by atoms with Gasteiger partial charge in [0.2, 0.25) is 0 Å². The SMILES string of the molecule is COc1cc(Br)c(C(=O)CC2CC2)cc1OC. The van der Waals surface area contributed by atoms with Crippen LogP contribution in [0.1, 0.15) is 29.6 Å². The first-order chi connectivity index (χ1) is 8.15. The summed E-state index contributed by atoms with van der Waals surface area (Å²) in [5.74, 6) is 1.97. The molecule has 1 saturated carbocycles. The van der Waals surface area contributed by atoms with Crippen molar-refractivity contribution in [3.05, 3.63) is 22.2 Å². The summed E-state index contributed by atoms with van der Waals surface area (Å²) in [7, 11) is 3.15. The minimum atomic E-state index is 0.167. The molecule has 3 nitrogen and oxygen atoms in total. The summed E-state index contributed by atoms with van der Waals surface area (Å²) >= 11 is 3.41. The van der Waals surface area contributed by atoms with Gasteiger partial charge >= 0.3 is 0 Å². The Bertz CT molecular complexity index is 439. The second-order valence-corrected chi connectivity index (χ2v) is 5.11. The zero-order valence-electron chi connectivity index (χ0n) is 9.96. The fourth-order valence-electron chi connectivity index (χ4n) is 1.76. The van der Waals surface area contributed by atoms with Crippen LogP contribution in [0.15, 0.2) is 16.6 Å². The molecule has 2 rings (SSSR count). The average molecular weight is 299 g/mol. The van der Waals surface area contributed by atoms with Crippen LogP contribution in [-0.2, 0) is 0 Å². The molecule has 0 unspecified atom stereocenters. The Morgan fingerprint density at radius 1 is 1.29 bits per heavy atom. The van der Waals surface area contributed by atoms with Gasteiger partial charge in [0.05, 0.1) is 14.2 Å². The number of rotatable bonds is 5. The van der Waals surface area contributed by atoms with E-state index in [-0.39, 0.29) is 5.78 Å². The predicted octanol–water partition coefficient (Wildman–Crippen LogP) is 3.45. The number of methoxy groups -OCH3 is 2. The van der Waals surface area contributed by atoms with Crippen LogP contribution in [0.3, 0.4) is 0 Å². The normalized spacial score (nSPS) is 14.5. The van der Waals surface area contributed by atoms with E-state index in [2.05, 4.69) is 15.9 Å². The van der Waals surface area contributed by atoms with Gasteiger partial charge in [-0.15, -0.1) is 0 Å². The minimum absolute atomic E-state index is 0.167. The van der Waals surface area contributed by atoms with Crippen molar-refractivity contribution < 1.29 is 14.3 Å². The van der Waals surface area contributed by atoms with Crippen molar-refractivity contribution in [1.29, 1.82) is 0 Å². The van der Waals surface area contributed by atoms with Crippen molar-refractivity contribution in [2.24, 2.45) is 5.92 Å². The Labute approximate surface area is 109 Å². The number of halogens is 1. The van der Waals surface area contributed by atoms with Crippen LogP contribution >= 0.6 is 15.9 Å². The summed E-state index contributed by atoms with van der Waals surface area (Å²) in [6, 6.07) is 3.52. The lowest BCUT2D eigenvalue weighted by atomic mass is 10.1. The first-order valence-corrected chi connectivity index (χ1v) is 6.39. The van der Waals surface area contributed by atoms with Gasteiger partial charge in [-0.25, -0.2) is 0 Å². The summed E-state index contributed by atoms with van der Waals surface area (Å²) < 4.78 is 11.1. The summed E-state index contributed by atoms with van der Waals surface area (Å²) in [5, 5.41) is 0. The Hall–Kier alpha value is -1.03. The average Bonchev–Trinajstić information content (AvgIpc) is 3.12. The third-order valence-electron chi connectivity index (χ3n) is 2.94. The molecule has 0 saturated heterocycles. The van der Waals surface area contributed by atoms with Crippen LogP contribution in [0.25, 0.3) is 0 Å². The molecule has 1 fully saturated rings. The van der Waals surface area contributed by atoms with Crippen molar-refractivity contribution >= 4 is 21.7 Å². The molecule has 0 bridgehead atoms. The molecule has 1 aliphatic carbocycles. The van der Waals surface area contributed by atoms with Gasteiger partial charge in [0.25, 0.3) is 0 Å². The van der Waals surface area contributed by atoms with Crippen LogP contribution in [0, 0.1) is 5.92 Å². The molecule has 1 aromatic carbocycles. The first kappa shape index (κ1) is 12.4. The Kier molecular flexibility index (Phi) is 3.72. The fraction of sp³-hybridized carbons (Fsp3) is 0.462. The monoisotopic (exact) mass is 298 g/mol. The molecule has 0 amide bonds. The van der Waals surface area contributed by atoms with Crippen molar-refractivity contribution in [3.63, 3.8) is 0 Å². The van der Waals surface area contributed by atoms with E-state index in [9.17, 15) is 4.79 Å². The lowest BCUT2D eigenvalue weighted by molar-refractivity contribution is 0.0975. The van der Waals surface area contributed by atoms with Gasteiger partial charge in [0.1, 0.15) is 0 Å². The number of carbonyl (C=O) groups is 1. The maximum absolute atomic E-state index is 12.1. The van der Waals surface area contributed by atoms with Gasteiger partial charge in [-0.3, -0.25) is 4.79 Å². The first-order valence-electron chi connectivity index (χ1n) is 5.60. The largest absolute Gasteiger partial charge is 0.493 e. The topological polar surface area (TPSA) is 35.5 Å². The molecule has 0 N–H and O–H groups in total. The molecule has 17 heavy (non-hydrogen) atoms. The molecule has 92 valence electrons. The van der Waals surface area contributed by atoms with Gasteiger partial charge < -0.3 is 9.47 Å². The van der Waals surface area contributed by atoms with Crippen LogP contribution in [0.4, 0.5) is 0 Å². The number of ketones is 1. The number of carbonyl (C=O) groups excluding carboxylic acids is 1. The smallest absolute Gasteiger partial charge is 0.164 e. The highest BCUT2D eigenvalue weighted by molar-refractivity contribution is 9.10. The molecule has 0 atom stereocenters. The molecule has 0 radical (unpaired) electrons. The van der Waals surface area contributed by atoms with E-state index in [1.807, 2.05) is 0 Å². The molecule has 0 aromatic heterocycles.